The second-order valence-electron chi connectivity index (χ2n) is 2.73. The zero-order chi connectivity index (χ0) is 9.68. The number of thiocarbonyl (C=S) groups is 1. The monoisotopic (exact) mass is 192 g/mol. The van der Waals surface area contributed by atoms with E-state index in [2.05, 4.69) is 4.99 Å². The molecule has 0 aliphatic heterocycles. The number of nitrogens with two attached hydrogens (primary N) is 1. The quantitative estimate of drug-likeness (QED) is 0.585. The first kappa shape index (κ1) is 9.86. The molecule has 0 bridgehead atoms. The van der Waals surface area contributed by atoms with Crippen LogP contribution in [0, 0.1) is 0 Å². The number of aliphatic imine (C=N–C) groups is 1. The van der Waals surface area contributed by atoms with Gasteiger partial charge < -0.3 is 5.73 Å². The van der Waals surface area contributed by atoms with Crippen molar-refractivity contribution in [1.82, 2.24) is 0 Å². The lowest BCUT2D eigenvalue weighted by molar-refractivity contribution is 1.28. The highest BCUT2D eigenvalue weighted by Crippen LogP contribution is 2.00. The third kappa shape index (κ3) is 3.34. The molecule has 0 saturated carbocycles. The number of hydrogen-bond acceptors (Lipinski definition) is 2. The summed E-state index contributed by atoms with van der Waals surface area (Å²) in [6.07, 6.45) is 0. The maximum atomic E-state index is 5.34. The Bertz CT molecular complexity index is 317. The molecule has 13 heavy (non-hydrogen) atoms. The number of benzene rings is 1. The van der Waals surface area contributed by atoms with E-state index < -0.39 is 0 Å². The van der Waals surface area contributed by atoms with Crippen molar-refractivity contribution in [2.75, 3.05) is 6.54 Å². The van der Waals surface area contributed by atoms with Crippen LogP contribution >= 0.6 is 12.2 Å². The molecule has 1 rings (SSSR count). The molecule has 0 unspecified atom stereocenters. The normalized spacial score (nSPS) is 11.3. The van der Waals surface area contributed by atoms with Crippen molar-refractivity contribution in [1.29, 1.82) is 0 Å². The average molecular weight is 192 g/mol. The molecule has 0 aliphatic carbocycles. The molecule has 68 valence electrons. The third-order valence-electron chi connectivity index (χ3n) is 1.66. The van der Waals surface area contributed by atoms with Crippen molar-refractivity contribution in [3.63, 3.8) is 0 Å². The highest BCUT2D eigenvalue weighted by atomic mass is 32.1. The van der Waals surface area contributed by atoms with Gasteiger partial charge in [-0.05, 0) is 12.5 Å². The SMILES string of the molecule is CC(=NCC(N)=S)c1ccccc1. The zero-order valence-corrected chi connectivity index (χ0v) is 8.34. The van der Waals surface area contributed by atoms with Crippen LogP contribution in [-0.2, 0) is 0 Å². The topological polar surface area (TPSA) is 38.4 Å². The van der Waals surface area contributed by atoms with Crippen LogP contribution in [0.4, 0.5) is 0 Å². The highest BCUT2D eigenvalue weighted by molar-refractivity contribution is 7.80. The van der Waals surface area contributed by atoms with Crippen LogP contribution in [0.15, 0.2) is 35.3 Å². The minimum atomic E-state index is 0.426. The zero-order valence-electron chi connectivity index (χ0n) is 7.53. The van der Waals surface area contributed by atoms with Gasteiger partial charge in [0.1, 0.15) is 0 Å². The fraction of sp³-hybridized carbons (Fsp3) is 0.200. The lowest BCUT2D eigenvalue weighted by Gasteiger charge is -1.99. The van der Waals surface area contributed by atoms with Crippen LogP contribution in [0.2, 0.25) is 0 Å². The minimum Gasteiger partial charge on any atom is -0.392 e. The van der Waals surface area contributed by atoms with Gasteiger partial charge in [-0.3, -0.25) is 4.99 Å². The van der Waals surface area contributed by atoms with Crippen LogP contribution in [-0.4, -0.2) is 17.2 Å². The van der Waals surface area contributed by atoms with Crippen molar-refractivity contribution in [2.24, 2.45) is 10.7 Å². The second kappa shape index (κ2) is 4.72. The van der Waals surface area contributed by atoms with Gasteiger partial charge >= 0.3 is 0 Å². The fourth-order valence-electron chi connectivity index (χ4n) is 0.967. The summed E-state index contributed by atoms with van der Waals surface area (Å²) in [6.45, 7) is 2.38. The molecule has 0 spiro atoms. The molecule has 0 aromatic heterocycles. The van der Waals surface area contributed by atoms with E-state index in [4.69, 9.17) is 18.0 Å². The maximum absolute atomic E-state index is 5.34. The summed E-state index contributed by atoms with van der Waals surface area (Å²) >= 11 is 4.73. The molecule has 0 amide bonds. The highest BCUT2D eigenvalue weighted by Gasteiger charge is 1.94. The van der Waals surface area contributed by atoms with Crippen LogP contribution in [0.5, 0.6) is 0 Å². The Morgan fingerprint density at radius 2 is 2.00 bits per heavy atom. The van der Waals surface area contributed by atoms with Crippen molar-refractivity contribution >= 4 is 22.9 Å². The van der Waals surface area contributed by atoms with Crippen LogP contribution in [0.1, 0.15) is 12.5 Å². The first-order valence-electron chi connectivity index (χ1n) is 4.05. The molecule has 0 radical (unpaired) electrons. The molecule has 0 heterocycles. The molecule has 0 saturated heterocycles. The number of rotatable bonds is 3. The molecule has 0 fully saturated rings. The van der Waals surface area contributed by atoms with Gasteiger partial charge in [-0.2, -0.15) is 0 Å². The Morgan fingerprint density at radius 1 is 1.38 bits per heavy atom. The molecule has 0 aliphatic rings. The van der Waals surface area contributed by atoms with Gasteiger partial charge in [0, 0.05) is 5.71 Å². The van der Waals surface area contributed by atoms with E-state index in [1.165, 1.54) is 0 Å². The van der Waals surface area contributed by atoms with Crippen LogP contribution < -0.4 is 5.73 Å². The molecule has 2 nitrogen and oxygen atoms in total. The predicted molar refractivity (Wildman–Crippen MR) is 60.3 cm³/mol. The van der Waals surface area contributed by atoms with E-state index >= 15 is 0 Å². The van der Waals surface area contributed by atoms with E-state index in [0.29, 0.717) is 11.5 Å². The van der Waals surface area contributed by atoms with Crippen molar-refractivity contribution in [3.8, 4) is 0 Å². The Balaban J connectivity index is 2.73. The number of hydrogen-bond donors (Lipinski definition) is 1. The maximum Gasteiger partial charge on any atom is 0.0945 e. The lowest BCUT2D eigenvalue weighted by atomic mass is 10.1. The van der Waals surface area contributed by atoms with Gasteiger partial charge in [-0.25, -0.2) is 0 Å². The first-order valence-corrected chi connectivity index (χ1v) is 4.46. The number of nitrogens with zero attached hydrogens (tertiary/aromatic N) is 1. The van der Waals surface area contributed by atoms with Gasteiger partial charge in [-0.1, -0.05) is 42.5 Å². The van der Waals surface area contributed by atoms with Gasteiger partial charge in [-0.15, -0.1) is 0 Å². The van der Waals surface area contributed by atoms with Crippen LogP contribution in [0.25, 0.3) is 0 Å². The summed E-state index contributed by atoms with van der Waals surface area (Å²) in [5.74, 6) is 0. The lowest BCUT2D eigenvalue weighted by Crippen LogP contribution is -2.12. The van der Waals surface area contributed by atoms with Gasteiger partial charge in [0.15, 0.2) is 0 Å². The van der Waals surface area contributed by atoms with Gasteiger partial charge in [0.25, 0.3) is 0 Å². The van der Waals surface area contributed by atoms with Crippen molar-refractivity contribution < 1.29 is 0 Å². The first-order chi connectivity index (χ1) is 6.20. The van der Waals surface area contributed by atoms with E-state index in [0.717, 1.165) is 11.3 Å². The summed E-state index contributed by atoms with van der Waals surface area (Å²) in [4.78, 5) is 4.67. The van der Waals surface area contributed by atoms with E-state index in [9.17, 15) is 0 Å². The largest absolute Gasteiger partial charge is 0.392 e. The second-order valence-corrected chi connectivity index (χ2v) is 3.26. The molecular weight excluding hydrogens is 180 g/mol. The molecule has 1 aromatic rings. The predicted octanol–water partition coefficient (Wildman–Crippen LogP) is 1.78. The third-order valence-corrected chi connectivity index (χ3v) is 1.79. The summed E-state index contributed by atoms with van der Waals surface area (Å²) in [5, 5.41) is 0. The van der Waals surface area contributed by atoms with Gasteiger partial charge in [0.05, 0.1) is 11.5 Å². The Kier molecular flexibility index (Phi) is 3.58. The minimum absolute atomic E-state index is 0.426. The molecular formula is C10H12N2S. The molecule has 1 aromatic carbocycles. The summed E-state index contributed by atoms with van der Waals surface area (Å²) in [5.41, 5.74) is 7.42. The van der Waals surface area contributed by atoms with Gasteiger partial charge in [0.2, 0.25) is 0 Å². The Hall–Kier alpha value is -1.22. The van der Waals surface area contributed by atoms with Crippen molar-refractivity contribution in [3.05, 3.63) is 35.9 Å². The van der Waals surface area contributed by atoms with E-state index in [1.54, 1.807) is 0 Å². The Labute approximate surface area is 83.5 Å². The molecule has 0 atom stereocenters. The van der Waals surface area contributed by atoms with Crippen LogP contribution in [0.3, 0.4) is 0 Å². The average Bonchev–Trinajstić information content (AvgIpc) is 2.15. The molecule has 3 heteroatoms. The summed E-state index contributed by atoms with van der Waals surface area (Å²) < 4.78 is 0. The smallest absolute Gasteiger partial charge is 0.0945 e. The fourth-order valence-corrected chi connectivity index (χ4v) is 1.03. The summed E-state index contributed by atoms with van der Waals surface area (Å²) in [7, 11) is 0. The van der Waals surface area contributed by atoms with E-state index in [1.807, 2.05) is 37.3 Å². The summed E-state index contributed by atoms with van der Waals surface area (Å²) in [6, 6.07) is 9.96. The standard InChI is InChI=1S/C10H12N2S/c1-8(12-7-10(11)13)9-5-3-2-4-6-9/h2-6H,7H2,1H3,(H2,11,13). The van der Waals surface area contributed by atoms with Crippen molar-refractivity contribution in [2.45, 2.75) is 6.92 Å². The van der Waals surface area contributed by atoms with E-state index in [-0.39, 0.29) is 0 Å². The molecule has 2 N–H and O–H groups in total. The Morgan fingerprint density at radius 3 is 2.54 bits per heavy atom.